The summed E-state index contributed by atoms with van der Waals surface area (Å²) in [5.74, 6) is 0.357. The van der Waals surface area contributed by atoms with Crippen LogP contribution in [0.25, 0.3) is 6.08 Å². The second kappa shape index (κ2) is 2.42. The summed E-state index contributed by atoms with van der Waals surface area (Å²) < 4.78 is 0. The van der Waals surface area contributed by atoms with Gasteiger partial charge in [0, 0.05) is 0 Å². The fourth-order valence-corrected chi connectivity index (χ4v) is 1.41. The zero-order valence-corrected chi connectivity index (χ0v) is 6.25. The molecule has 1 heteroatoms. The topological polar surface area (TPSA) is 20.2 Å². The first-order chi connectivity index (χ1) is 5.36. The van der Waals surface area contributed by atoms with E-state index < -0.39 is 0 Å². The van der Waals surface area contributed by atoms with Crippen LogP contribution in [0.15, 0.2) is 24.3 Å². The summed E-state index contributed by atoms with van der Waals surface area (Å²) in [6.45, 7) is 0. The SMILES string of the molecule is Oc1ccc2c(c1)C=CCC2. The number of hydrogen-bond acceptors (Lipinski definition) is 1. The van der Waals surface area contributed by atoms with E-state index in [0.717, 1.165) is 18.4 Å². The van der Waals surface area contributed by atoms with Crippen LogP contribution in [0.2, 0.25) is 0 Å². The van der Waals surface area contributed by atoms with Gasteiger partial charge in [0.1, 0.15) is 5.75 Å². The van der Waals surface area contributed by atoms with Crippen molar-refractivity contribution in [3.8, 4) is 5.75 Å². The molecule has 0 saturated carbocycles. The highest BCUT2D eigenvalue weighted by atomic mass is 16.3. The number of aryl methyl sites for hydroxylation is 1. The van der Waals surface area contributed by atoms with E-state index in [2.05, 4.69) is 12.2 Å². The van der Waals surface area contributed by atoms with E-state index in [9.17, 15) is 0 Å². The molecule has 11 heavy (non-hydrogen) atoms. The Morgan fingerprint density at radius 3 is 3.09 bits per heavy atom. The minimum absolute atomic E-state index is 0.357. The molecule has 1 aromatic rings. The molecule has 0 bridgehead atoms. The summed E-state index contributed by atoms with van der Waals surface area (Å²) in [7, 11) is 0. The van der Waals surface area contributed by atoms with E-state index in [-0.39, 0.29) is 0 Å². The molecular weight excluding hydrogens is 136 g/mol. The standard InChI is InChI=1S/C10H10O/c11-10-6-5-8-3-1-2-4-9(8)7-10/h2,4-7,11H,1,3H2. The third-order valence-corrected chi connectivity index (χ3v) is 2.01. The van der Waals surface area contributed by atoms with Gasteiger partial charge in [-0.05, 0) is 36.1 Å². The minimum atomic E-state index is 0.357. The lowest BCUT2D eigenvalue weighted by Gasteiger charge is -2.09. The Balaban J connectivity index is 2.54. The molecule has 0 radical (unpaired) electrons. The molecule has 0 amide bonds. The van der Waals surface area contributed by atoms with Gasteiger partial charge in [0.2, 0.25) is 0 Å². The van der Waals surface area contributed by atoms with Crippen LogP contribution in [0.1, 0.15) is 17.5 Å². The Labute approximate surface area is 66.0 Å². The van der Waals surface area contributed by atoms with Gasteiger partial charge in [0.15, 0.2) is 0 Å². The highest BCUT2D eigenvalue weighted by Gasteiger charge is 2.03. The highest BCUT2D eigenvalue weighted by Crippen LogP contribution is 2.22. The zero-order chi connectivity index (χ0) is 7.68. The quantitative estimate of drug-likeness (QED) is 0.595. The molecule has 0 spiro atoms. The van der Waals surface area contributed by atoms with Crippen LogP contribution < -0.4 is 0 Å². The van der Waals surface area contributed by atoms with E-state index in [1.54, 1.807) is 6.07 Å². The maximum atomic E-state index is 9.15. The third-order valence-electron chi connectivity index (χ3n) is 2.01. The zero-order valence-electron chi connectivity index (χ0n) is 6.25. The first kappa shape index (κ1) is 6.47. The summed E-state index contributed by atoms with van der Waals surface area (Å²) in [4.78, 5) is 0. The summed E-state index contributed by atoms with van der Waals surface area (Å²) in [6, 6.07) is 5.55. The molecule has 0 atom stereocenters. The van der Waals surface area contributed by atoms with Gasteiger partial charge in [-0.15, -0.1) is 0 Å². The number of allylic oxidation sites excluding steroid dienone is 1. The van der Waals surface area contributed by atoms with Crippen molar-refractivity contribution in [3.05, 3.63) is 35.4 Å². The molecule has 0 aromatic heterocycles. The van der Waals surface area contributed by atoms with E-state index in [0.29, 0.717) is 5.75 Å². The molecule has 1 nitrogen and oxygen atoms in total. The molecule has 1 aromatic carbocycles. The van der Waals surface area contributed by atoms with Crippen molar-refractivity contribution < 1.29 is 5.11 Å². The average molecular weight is 146 g/mol. The van der Waals surface area contributed by atoms with E-state index in [1.165, 1.54) is 5.56 Å². The molecule has 1 aliphatic carbocycles. The van der Waals surface area contributed by atoms with E-state index in [4.69, 9.17) is 5.11 Å². The first-order valence-electron chi connectivity index (χ1n) is 3.85. The van der Waals surface area contributed by atoms with Gasteiger partial charge in [-0.3, -0.25) is 0 Å². The van der Waals surface area contributed by atoms with Crippen molar-refractivity contribution in [1.29, 1.82) is 0 Å². The number of aromatic hydroxyl groups is 1. The van der Waals surface area contributed by atoms with Crippen molar-refractivity contribution in [2.45, 2.75) is 12.8 Å². The molecule has 2 rings (SSSR count). The molecule has 1 aliphatic rings. The number of fused-ring (bicyclic) bond motifs is 1. The van der Waals surface area contributed by atoms with Gasteiger partial charge in [0.05, 0.1) is 0 Å². The molecule has 0 saturated heterocycles. The van der Waals surface area contributed by atoms with Crippen molar-refractivity contribution in [1.82, 2.24) is 0 Å². The smallest absolute Gasteiger partial charge is 0.116 e. The number of rotatable bonds is 0. The van der Waals surface area contributed by atoms with Gasteiger partial charge < -0.3 is 5.11 Å². The van der Waals surface area contributed by atoms with Crippen LogP contribution >= 0.6 is 0 Å². The van der Waals surface area contributed by atoms with Crippen LogP contribution in [0, 0.1) is 0 Å². The monoisotopic (exact) mass is 146 g/mol. The van der Waals surface area contributed by atoms with Crippen LogP contribution in [0.5, 0.6) is 5.75 Å². The summed E-state index contributed by atoms with van der Waals surface area (Å²) in [5.41, 5.74) is 2.50. The van der Waals surface area contributed by atoms with Crippen molar-refractivity contribution in [2.75, 3.05) is 0 Å². The Kier molecular flexibility index (Phi) is 1.42. The summed E-state index contributed by atoms with van der Waals surface area (Å²) >= 11 is 0. The Morgan fingerprint density at radius 2 is 2.18 bits per heavy atom. The first-order valence-corrected chi connectivity index (χ1v) is 3.85. The predicted molar refractivity (Wildman–Crippen MR) is 45.5 cm³/mol. The fraction of sp³-hybridized carbons (Fsp3) is 0.200. The highest BCUT2D eigenvalue weighted by molar-refractivity contribution is 5.58. The lowest BCUT2D eigenvalue weighted by molar-refractivity contribution is 0.475. The fourth-order valence-electron chi connectivity index (χ4n) is 1.41. The molecular formula is C10H10O. The second-order valence-electron chi connectivity index (χ2n) is 2.82. The molecule has 0 fully saturated rings. The number of hydrogen-bond donors (Lipinski definition) is 1. The predicted octanol–water partition coefficient (Wildman–Crippen LogP) is 2.35. The second-order valence-corrected chi connectivity index (χ2v) is 2.82. The van der Waals surface area contributed by atoms with Gasteiger partial charge in [-0.25, -0.2) is 0 Å². The van der Waals surface area contributed by atoms with E-state index in [1.807, 2.05) is 12.1 Å². The van der Waals surface area contributed by atoms with Gasteiger partial charge in [-0.1, -0.05) is 18.2 Å². The Hall–Kier alpha value is -1.24. The summed E-state index contributed by atoms with van der Waals surface area (Å²) in [6.07, 6.45) is 6.43. The number of phenols is 1. The van der Waals surface area contributed by atoms with Gasteiger partial charge >= 0.3 is 0 Å². The minimum Gasteiger partial charge on any atom is -0.508 e. The lowest BCUT2D eigenvalue weighted by atomic mass is 9.97. The van der Waals surface area contributed by atoms with Crippen LogP contribution in [-0.2, 0) is 6.42 Å². The molecule has 1 N–H and O–H groups in total. The molecule has 56 valence electrons. The maximum absolute atomic E-state index is 9.15. The van der Waals surface area contributed by atoms with Crippen molar-refractivity contribution in [2.24, 2.45) is 0 Å². The lowest BCUT2D eigenvalue weighted by Crippen LogP contribution is -1.92. The Bertz CT molecular complexity index is 300. The van der Waals surface area contributed by atoms with Crippen LogP contribution in [0.3, 0.4) is 0 Å². The average Bonchev–Trinajstić information content (AvgIpc) is 2.04. The molecule has 0 heterocycles. The maximum Gasteiger partial charge on any atom is 0.116 e. The van der Waals surface area contributed by atoms with Crippen LogP contribution in [0.4, 0.5) is 0 Å². The van der Waals surface area contributed by atoms with Crippen molar-refractivity contribution >= 4 is 6.08 Å². The molecule has 0 aliphatic heterocycles. The summed E-state index contributed by atoms with van der Waals surface area (Å²) in [5, 5.41) is 9.15. The molecule has 0 unspecified atom stereocenters. The van der Waals surface area contributed by atoms with E-state index >= 15 is 0 Å². The largest absolute Gasteiger partial charge is 0.508 e. The normalized spacial score (nSPS) is 14.5. The van der Waals surface area contributed by atoms with Crippen LogP contribution in [-0.4, -0.2) is 5.11 Å². The third kappa shape index (κ3) is 1.14. The van der Waals surface area contributed by atoms with Crippen molar-refractivity contribution in [3.63, 3.8) is 0 Å². The number of phenolic OH excluding ortho intramolecular Hbond substituents is 1. The van der Waals surface area contributed by atoms with Gasteiger partial charge in [0.25, 0.3) is 0 Å². The Morgan fingerprint density at radius 1 is 1.27 bits per heavy atom. The van der Waals surface area contributed by atoms with Gasteiger partial charge in [-0.2, -0.15) is 0 Å². The number of benzene rings is 1.